The standard InChI is InChI=1S/C16H17N3OS/c20-15(18-11-5-6-11)10-4-7-12-14(9-10)21-16(19-12)13-3-1-2-8-17-13/h1-3,8,10-11H,4-7,9H2,(H,18,20). The van der Waals surface area contributed by atoms with E-state index in [4.69, 9.17) is 4.98 Å². The van der Waals surface area contributed by atoms with Crippen molar-refractivity contribution < 1.29 is 4.79 Å². The van der Waals surface area contributed by atoms with Crippen molar-refractivity contribution in [3.63, 3.8) is 0 Å². The van der Waals surface area contributed by atoms with Crippen molar-refractivity contribution in [2.75, 3.05) is 0 Å². The van der Waals surface area contributed by atoms with E-state index in [1.807, 2.05) is 18.2 Å². The molecule has 2 heterocycles. The number of pyridine rings is 1. The number of thiazole rings is 1. The van der Waals surface area contributed by atoms with Crippen LogP contribution in [0.1, 0.15) is 29.8 Å². The van der Waals surface area contributed by atoms with E-state index in [1.165, 1.54) is 4.88 Å². The van der Waals surface area contributed by atoms with Gasteiger partial charge >= 0.3 is 0 Å². The lowest BCUT2D eigenvalue weighted by Gasteiger charge is -2.20. The van der Waals surface area contributed by atoms with Gasteiger partial charge in [0.25, 0.3) is 0 Å². The van der Waals surface area contributed by atoms with Crippen LogP contribution in [0.25, 0.3) is 10.7 Å². The average Bonchev–Trinajstić information content (AvgIpc) is 3.23. The summed E-state index contributed by atoms with van der Waals surface area (Å²) in [4.78, 5) is 22.5. The molecule has 4 nitrogen and oxygen atoms in total. The van der Waals surface area contributed by atoms with Crippen LogP contribution < -0.4 is 5.32 Å². The topological polar surface area (TPSA) is 54.9 Å². The molecule has 0 bridgehead atoms. The quantitative estimate of drug-likeness (QED) is 0.948. The van der Waals surface area contributed by atoms with Gasteiger partial charge in [-0.25, -0.2) is 4.98 Å². The number of nitrogens with one attached hydrogen (secondary N) is 1. The summed E-state index contributed by atoms with van der Waals surface area (Å²) in [5.41, 5.74) is 2.09. The first-order chi connectivity index (χ1) is 10.3. The Kier molecular flexibility index (Phi) is 3.22. The van der Waals surface area contributed by atoms with Crippen LogP contribution in [-0.2, 0) is 17.6 Å². The number of aromatic nitrogens is 2. The molecule has 0 saturated heterocycles. The monoisotopic (exact) mass is 299 g/mol. The normalized spacial score (nSPS) is 20.9. The number of hydrogen-bond acceptors (Lipinski definition) is 4. The molecule has 2 aliphatic carbocycles. The van der Waals surface area contributed by atoms with E-state index in [-0.39, 0.29) is 11.8 Å². The van der Waals surface area contributed by atoms with Crippen LogP contribution in [0, 0.1) is 5.92 Å². The van der Waals surface area contributed by atoms with E-state index in [2.05, 4.69) is 10.3 Å². The Morgan fingerprint density at radius 1 is 1.29 bits per heavy atom. The molecule has 0 radical (unpaired) electrons. The van der Waals surface area contributed by atoms with Crippen LogP contribution in [0.4, 0.5) is 0 Å². The Labute approximate surface area is 127 Å². The summed E-state index contributed by atoms with van der Waals surface area (Å²) >= 11 is 1.69. The molecular formula is C16H17N3OS. The van der Waals surface area contributed by atoms with Crippen molar-refractivity contribution in [1.29, 1.82) is 0 Å². The molecule has 2 aromatic heterocycles. The summed E-state index contributed by atoms with van der Waals surface area (Å²) in [5, 5.41) is 4.10. The van der Waals surface area contributed by atoms with Gasteiger partial charge in [0.1, 0.15) is 5.01 Å². The lowest BCUT2D eigenvalue weighted by Crippen LogP contribution is -2.35. The highest BCUT2D eigenvalue weighted by Crippen LogP contribution is 2.34. The van der Waals surface area contributed by atoms with Gasteiger partial charge < -0.3 is 5.32 Å². The van der Waals surface area contributed by atoms with E-state index in [1.54, 1.807) is 17.5 Å². The maximum absolute atomic E-state index is 12.2. The first-order valence-electron chi connectivity index (χ1n) is 7.50. The highest BCUT2D eigenvalue weighted by Gasteiger charge is 2.31. The van der Waals surface area contributed by atoms with Crippen LogP contribution in [0.15, 0.2) is 24.4 Å². The zero-order valence-electron chi connectivity index (χ0n) is 11.7. The molecular weight excluding hydrogens is 282 g/mol. The van der Waals surface area contributed by atoms with Crippen LogP contribution in [0.5, 0.6) is 0 Å². The fraction of sp³-hybridized carbons (Fsp3) is 0.438. The second-order valence-corrected chi connectivity index (χ2v) is 6.91. The molecule has 1 unspecified atom stereocenters. The van der Waals surface area contributed by atoms with Crippen molar-refractivity contribution >= 4 is 17.2 Å². The lowest BCUT2D eigenvalue weighted by molar-refractivity contribution is -0.125. The smallest absolute Gasteiger partial charge is 0.223 e. The molecule has 0 aromatic carbocycles. The number of hydrogen-bond donors (Lipinski definition) is 1. The summed E-state index contributed by atoms with van der Waals surface area (Å²) in [6.07, 6.45) is 6.74. The van der Waals surface area contributed by atoms with Crippen molar-refractivity contribution in [2.24, 2.45) is 5.92 Å². The molecule has 4 rings (SSSR count). The maximum atomic E-state index is 12.2. The van der Waals surface area contributed by atoms with Gasteiger partial charge in [0.15, 0.2) is 0 Å². The molecule has 1 saturated carbocycles. The minimum atomic E-state index is 0.120. The molecule has 2 aliphatic rings. The predicted molar refractivity (Wildman–Crippen MR) is 82.0 cm³/mol. The second-order valence-electron chi connectivity index (χ2n) is 5.83. The van der Waals surface area contributed by atoms with Crippen molar-refractivity contribution in [3.05, 3.63) is 35.0 Å². The molecule has 108 valence electrons. The van der Waals surface area contributed by atoms with Crippen LogP contribution in [0.3, 0.4) is 0 Å². The number of carbonyl (C=O) groups excluding carboxylic acids is 1. The summed E-state index contributed by atoms with van der Waals surface area (Å²) in [7, 11) is 0. The summed E-state index contributed by atoms with van der Waals surface area (Å²) < 4.78 is 0. The Hall–Kier alpha value is -1.75. The number of aryl methyl sites for hydroxylation is 1. The molecule has 1 N–H and O–H groups in total. The van der Waals surface area contributed by atoms with Gasteiger partial charge in [0.05, 0.1) is 11.4 Å². The average molecular weight is 299 g/mol. The number of nitrogens with zero attached hydrogens (tertiary/aromatic N) is 2. The Morgan fingerprint density at radius 3 is 2.95 bits per heavy atom. The molecule has 21 heavy (non-hydrogen) atoms. The van der Waals surface area contributed by atoms with Crippen LogP contribution in [0.2, 0.25) is 0 Å². The number of carbonyl (C=O) groups is 1. The zero-order chi connectivity index (χ0) is 14.2. The van der Waals surface area contributed by atoms with Crippen LogP contribution in [-0.4, -0.2) is 21.9 Å². The second kappa shape index (κ2) is 5.22. The SMILES string of the molecule is O=C(NC1CC1)C1CCc2nc(-c3ccccn3)sc2C1. The molecule has 1 amide bonds. The fourth-order valence-electron chi connectivity index (χ4n) is 2.74. The van der Waals surface area contributed by atoms with Gasteiger partial charge in [-0.3, -0.25) is 9.78 Å². The van der Waals surface area contributed by atoms with Crippen molar-refractivity contribution in [2.45, 2.75) is 38.1 Å². The van der Waals surface area contributed by atoms with E-state index in [9.17, 15) is 4.79 Å². The summed E-state index contributed by atoms with van der Waals surface area (Å²) in [6.45, 7) is 0. The summed E-state index contributed by atoms with van der Waals surface area (Å²) in [5.74, 6) is 0.353. The van der Waals surface area contributed by atoms with Gasteiger partial charge in [-0.05, 0) is 44.2 Å². The minimum Gasteiger partial charge on any atom is -0.353 e. The zero-order valence-corrected chi connectivity index (χ0v) is 12.5. The Morgan fingerprint density at radius 2 is 2.19 bits per heavy atom. The summed E-state index contributed by atoms with van der Waals surface area (Å²) in [6, 6.07) is 6.33. The molecule has 0 aliphatic heterocycles. The van der Waals surface area contributed by atoms with E-state index < -0.39 is 0 Å². The molecule has 1 atom stereocenters. The highest BCUT2D eigenvalue weighted by atomic mass is 32.1. The lowest BCUT2D eigenvalue weighted by atomic mass is 9.90. The Bertz CT molecular complexity index is 663. The number of rotatable bonds is 3. The van der Waals surface area contributed by atoms with Gasteiger partial charge in [0, 0.05) is 23.0 Å². The van der Waals surface area contributed by atoms with E-state index >= 15 is 0 Å². The molecule has 2 aromatic rings. The fourth-order valence-corrected chi connectivity index (χ4v) is 3.91. The number of fused-ring (bicyclic) bond motifs is 1. The third-order valence-corrected chi connectivity index (χ3v) is 5.26. The molecule has 1 fully saturated rings. The van der Waals surface area contributed by atoms with Gasteiger partial charge in [-0.1, -0.05) is 6.07 Å². The van der Waals surface area contributed by atoms with Crippen LogP contribution >= 0.6 is 11.3 Å². The predicted octanol–water partition coefficient (Wildman–Crippen LogP) is 2.59. The first kappa shape index (κ1) is 13.0. The third kappa shape index (κ3) is 2.70. The van der Waals surface area contributed by atoms with E-state index in [0.717, 1.165) is 48.5 Å². The first-order valence-corrected chi connectivity index (χ1v) is 8.31. The van der Waals surface area contributed by atoms with Gasteiger partial charge in [0.2, 0.25) is 5.91 Å². The third-order valence-electron chi connectivity index (χ3n) is 4.12. The highest BCUT2D eigenvalue weighted by molar-refractivity contribution is 7.15. The largest absolute Gasteiger partial charge is 0.353 e. The van der Waals surface area contributed by atoms with E-state index in [0.29, 0.717) is 6.04 Å². The molecule has 5 heteroatoms. The van der Waals surface area contributed by atoms with Gasteiger partial charge in [-0.15, -0.1) is 11.3 Å². The van der Waals surface area contributed by atoms with Crippen molar-refractivity contribution in [3.8, 4) is 10.7 Å². The molecule has 0 spiro atoms. The maximum Gasteiger partial charge on any atom is 0.223 e. The van der Waals surface area contributed by atoms with Gasteiger partial charge in [-0.2, -0.15) is 0 Å². The Balaban J connectivity index is 1.52. The minimum absolute atomic E-state index is 0.120. The number of amides is 1. The van der Waals surface area contributed by atoms with Crippen molar-refractivity contribution in [1.82, 2.24) is 15.3 Å².